The number of nitrogens with zero attached hydrogens (tertiary/aromatic N) is 4. The maximum Gasteiger partial charge on any atom is 0.225 e. The molecule has 0 radical (unpaired) electrons. The van der Waals surface area contributed by atoms with Gasteiger partial charge in [0.2, 0.25) is 5.95 Å². The Morgan fingerprint density at radius 3 is 2.66 bits per heavy atom. The Morgan fingerprint density at radius 1 is 1.10 bits per heavy atom. The van der Waals surface area contributed by atoms with E-state index in [1.807, 2.05) is 30.3 Å². The summed E-state index contributed by atoms with van der Waals surface area (Å²) in [6.07, 6.45) is 0. The summed E-state index contributed by atoms with van der Waals surface area (Å²) in [5, 5.41) is 7.80. The molecule has 2 heterocycles. The molecule has 9 heteroatoms. The van der Waals surface area contributed by atoms with Crippen LogP contribution in [0.3, 0.4) is 0 Å². The molecule has 0 atom stereocenters. The first-order valence-corrected chi connectivity index (χ1v) is 8.88. The van der Waals surface area contributed by atoms with Crippen molar-refractivity contribution in [2.45, 2.75) is 0 Å². The average molecular weight is 396 g/mol. The third kappa shape index (κ3) is 3.59. The summed E-state index contributed by atoms with van der Waals surface area (Å²) in [6, 6.07) is 12.4. The number of rotatable bonds is 6. The van der Waals surface area contributed by atoms with Gasteiger partial charge in [0.05, 0.1) is 23.4 Å². The highest BCUT2D eigenvalue weighted by Crippen LogP contribution is 2.34. The van der Waals surface area contributed by atoms with E-state index in [1.165, 1.54) is 4.68 Å². The molecule has 2 aromatic carbocycles. The van der Waals surface area contributed by atoms with Crippen LogP contribution in [0.1, 0.15) is 0 Å². The summed E-state index contributed by atoms with van der Waals surface area (Å²) in [5.74, 6) is -0.767. The third-order valence-corrected chi connectivity index (χ3v) is 4.34. The normalized spacial score (nSPS) is 11.1. The molecule has 0 bridgehead atoms. The highest BCUT2D eigenvalue weighted by Gasteiger charge is 2.21. The number of anilines is 2. The number of nitrogens with two attached hydrogens (primary N) is 1. The van der Waals surface area contributed by atoms with Gasteiger partial charge in [0, 0.05) is 19.2 Å². The lowest BCUT2D eigenvalue weighted by Crippen LogP contribution is -2.11. The molecule has 0 aliphatic rings. The van der Waals surface area contributed by atoms with Crippen LogP contribution in [0, 0.1) is 11.6 Å². The van der Waals surface area contributed by atoms with E-state index in [1.54, 1.807) is 7.11 Å². The van der Waals surface area contributed by atoms with Gasteiger partial charge >= 0.3 is 0 Å². The van der Waals surface area contributed by atoms with E-state index in [0.29, 0.717) is 24.2 Å². The van der Waals surface area contributed by atoms with Crippen molar-refractivity contribution in [3.05, 3.63) is 60.2 Å². The van der Waals surface area contributed by atoms with E-state index in [4.69, 9.17) is 10.5 Å². The Morgan fingerprint density at radius 2 is 1.90 bits per heavy atom. The second-order valence-electron chi connectivity index (χ2n) is 6.27. The van der Waals surface area contributed by atoms with Crippen LogP contribution in [0.5, 0.6) is 0 Å². The van der Waals surface area contributed by atoms with E-state index >= 15 is 0 Å². The van der Waals surface area contributed by atoms with Gasteiger partial charge in [0.25, 0.3) is 0 Å². The molecule has 2 aromatic heterocycles. The Labute approximate surface area is 165 Å². The molecule has 4 rings (SSSR count). The van der Waals surface area contributed by atoms with Crippen molar-refractivity contribution >= 4 is 22.8 Å². The van der Waals surface area contributed by atoms with Gasteiger partial charge in [0.15, 0.2) is 5.65 Å². The second kappa shape index (κ2) is 7.80. The third-order valence-electron chi connectivity index (χ3n) is 4.34. The Balaban J connectivity index is 1.95. The van der Waals surface area contributed by atoms with Gasteiger partial charge in [-0.2, -0.15) is 4.98 Å². The summed E-state index contributed by atoms with van der Waals surface area (Å²) in [7, 11) is 1.57. The van der Waals surface area contributed by atoms with Crippen LogP contribution in [0.4, 0.5) is 20.5 Å². The summed E-state index contributed by atoms with van der Waals surface area (Å²) in [5.41, 5.74) is 7.44. The zero-order chi connectivity index (χ0) is 20.4. The van der Waals surface area contributed by atoms with Gasteiger partial charge in [0.1, 0.15) is 17.5 Å². The first-order chi connectivity index (χ1) is 14.1. The van der Waals surface area contributed by atoms with Crippen LogP contribution in [-0.2, 0) is 4.74 Å². The number of nitrogens with one attached hydrogen (secondary N) is 1. The summed E-state index contributed by atoms with van der Waals surface area (Å²) < 4.78 is 34.9. The summed E-state index contributed by atoms with van der Waals surface area (Å²) in [6.45, 7) is 0.855. The topological polar surface area (TPSA) is 90.9 Å². The predicted molar refractivity (Wildman–Crippen MR) is 107 cm³/mol. The van der Waals surface area contributed by atoms with Crippen molar-refractivity contribution in [2.75, 3.05) is 31.3 Å². The number of para-hydroxylation sites is 1. The van der Waals surface area contributed by atoms with Gasteiger partial charge in [-0.1, -0.05) is 18.2 Å². The first kappa shape index (κ1) is 18.8. The van der Waals surface area contributed by atoms with Crippen LogP contribution >= 0.6 is 0 Å². The number of ether oxygens (including phenoxy) is 1. The molecule has 3 N–H and O–H groups in total. The summed E-state index contributed by atoms with van der Waals surface area (Å²) in [4.78, 5) is 8.78. The molecule has 0 fully saturated rings. The molecule has 4 aromatic rings. The van der Waals surface area contributed by atoms with Crippen molar-refractivity contribution in [3.8, 4) is 16.9 Å². The highest BCUT2D eigenvalue weighted by atomic mass is 19.1. The minimum absolute atomic E-state index is 0.0218. The molecule has 0 saturated carbocycles. The molecule has 7 nitrogen and oxygen atoms in total. The number of hydrogen-bond donors (Lipinski definition) is 2. The molecule has 0 saturated heterocycles. The fourth-order valence-electron chi connectivity index (χ4n) is 3.00. The summed E-state index contributed by atoms with van der Waals surface area (Å²) >= 11 is 0. The predicted octanol–water partition coefficient (Wildman–Crippen LogP) is 3.40. The van der Waals surface area contributed by atoms with E-state index in [9.17, 15) is 8.78 Å². The maximum absolute atomic E-state index is 14.5. The van der Waals surface area contributed by atoms with Crippen LogP contribution in [0.15, 0.2) is 48.5 Å². The number of aromatic nitrogens is 4. The highest BCUT2D eigenvalue weighted by molar-refractivity contribution is 5.99. The zero-order valence-electron chi connectivity index (χ0n) is 15.6. The number of fused-ring (bicyclic) bond motifs is 1. The number of nitrogen functional groups attached to an aromatic ring is 1. The SMILES string of the molecule is COCCNc1nc(-c2cc(F)ccc2F)c2c(N)n(-c3ccccc3)nc2n1. The smallest absolute Gasteiger partial charge is 0.225 e. The van der Waals surface area contributed by atoms with Crippen LogP contribution in [0.2, 0.25) is 0 Å². The Kier molecular flexibility index (Phi) is 5.05. The Bertz CT molecular complexity index is 1160. The zero-order valence-corrected chi connectivity index (χ0v) is 15.6. The van der Waals surface area contributed by atoms with Crippen LogP contribution < -0.4 is 11.1 Å². The number of hydrogen-bond acceptors (Lipinski definition) is 6. The first-order valence-electron chi connectivity index (χ1n) is 8.88. The van der Waals surface area contributed by atoms with Crippen molar-refractivity contribution in [2.24, 2.45) is 0 Å². The lowest BCUT2D eigenvalue weighted by Gasteiger charge is -2.09. The number of halogens is 2. The fraction of sp³-hybridized carbons (Fsp3) is 0.150. The minimum atomic E-state index is -0.624. The minimum Gasteiger partial charge on any atom is -0.383 e. The van der Waals surface area contributed by atoms with Crippen LogP contribution in [-0.4, -0.2) is 40.0 Å². The number of benzene rings is 2. The van der Waals surface area contributed by atoms with Crippen molar-refractivity contribution in [1.29, 1.82) is 0 Å². The van der Waals surface area contributed by atoms with Crippen LogP contribution in [0.25, 0.3) is 28.0 Å². The quantitative estimate of drug-likeness (QED) is 0.486. The molecule has 0 aliphatic heterocycles. The largest absolute Gasteiger partial charge is 0.383 e. The van der Waals surface area contributed by atoms with Gasteiger partial charge in [-0.05, 0) is 30.3 Å². The lowest BCUT2D eigenvalue weighted by molar-refractivity contribution is 0.210. The van der Waals surface area contributed by atoms with Crippen molar-refractivity contribution < 1.29 is 13.5 Å². The fourth-order valence-corrected chi connectivity index (χ4v) is 3.00. The lowest BCUT2D eigenvalue weighted by atomic mass is 10.1. The Hall–Kier alpha value is -3.59. The maximum atomic E-state index is 14.5. The van der Waals surface area contributed by atoms with Gasteiger partial charge < -0.3 is 15.8 Å². The van der Waals surface area contributed by atoms with E-state index in [0.717, 1.165) is 18.2 Å². The molecule has 148 valence electrons. The molecule has 0 amide bonds. The molecular weight excluding hydrogens is 378 g/mol. The molecule has 0 spiro atoms. The van der Waals surface area contributed by atoms with Crippen molar-refractivity contribution in [1.82, 2.24) is 19.7 Å². The van der Waals surface area contributed by atoms with E-state index < -0.39 is 11.6 Å². The molecule has 0 aliphatic carbocycles. The molecule has 29 heavy (non-hydrogen) atoms. The van der Waals surface area contributed by atoms with Gasteiger partial charge in [-0.25, -0.2) is 18.4 Å². The van der Waals surface area contributed by atoms with Crippen molar-refractivity contribution in [3.63, 3.8) is 0 Å². The monoisotopic (exact) mass is 396 g/mol. The second-order valence-corrected chi connectivity index (χ2v) is 6.27. The van der Waals surface area contributed by atoms with Gasteiger partial charge in [-0.15, -0.1) is 5.10 Å². The number of methoxy groups -OCH3 is 1. The van der Waals surface area contributed by atoms with E-state index in [-0.39, 0.29) is 28.7 Å². The standard InChI is InChI=1S/C20H18F2N6O/c1-29-10-9-24-20-25-17(14-11-12(21)7-8-15(14)22)16-18(23)28(27-19(16)26-20)13-5-3-2-4-6-13/h2-8,11H,9-10,23H2,1H3,(H,24,26,27). The average Bonchev–Trinajstić information content (AvgIpc) is 3.07. The van der Waals surface area contributed by atoms with Gasteiger partial charge in [-0.3, -0.25) is 0 Å². The molecular formula is C20H18F2N6O. The van der Waals surface area contributed by atoms with E-state index in [2.05, 4.69) is 20.4 Å². The molecule has 0 unspecified atom stereocenters.